The van der Waals surface area contributed by atoms with Crippen LogP contribution in [0, 0.1) is 17.2 Å². The third-order valence-corrected chi connectivity index (χ3v) is 5.85. The van der Waals surface area contributed by atoms with Crippen molar-refractivity contribution in [2.45, 2.75) is 32.4 Å². The van der Waals surface area contributed by atoms with Gasteiger partial charge in [-0.25, -0.2) is 0 Å². The number of fused-ring (bicyclic) bond motifs is 3. The van der Waals surface area contributed by atoms with Crippen LogP contribution in [0.5, 0.6) is 0 Å². The average Bonchev–Trinajstić information content (AvgIpc) is 2.92. The van der Waals surface area contributed by atoms with E-state index in [2.05, 4.69) is 23.6 Å². The molecule has 0 fully saturated rings. The summed E-state index contributed by atoms with van der Waals surface area (Å²) in [6.07, 6.45) is 2.99. The molecule has 2 atom stereocenters. The topological polar surface area (TPSA) is 64.9 Å². The molecule has 2 heterocycles. The van der Waals surface area contributed by atoms with Crippen molar-refractivity contribution in [2.75, 3.05) is 5.32 Å². The average molecular weight is 323 g/mol. The number of benzene rings is 1. The minimum atomic E-state index is -0.236. The lowest BCUT2D eigenvalue weighted by atomic mass is 9.88. The minimum Gasteiger partial charge on any atom is -0.353 e. The summed E-state index contributed by atoms with van der Waals surface area (Å²) >= 11 is 1.73. The summed E-state index contributed by atoms with van der Waals surface area (Å²) in [6.45, 7) is 2.27. The standard InChI is InChI=1S/C18H17N3OS/c1-10-2-7-13-14(8-10)23-18-15(13)17(22)20-16(21-18)12-5-3-11(9-19)4-6-12/h3-6,10,16,21H,2,7-8H2,1H3,(H,20,22). The van der Waals surface area contributed by atoms with E-state index in [1.54, 1.807) is 23.5 Å². The van der Waals surface area contributed by atoms with Gasteiger partial charge in [-0.1, -0.05) is 19.1 Å². The van der Waals surface area contributed by atoms with Crippen LogP contribution in [0.2, 0.25) is 0 Å². The maximum absolute atomic E-state index is 12.6. The number of carbonyl (C=O) groups excluding carboxylic acids is 1. The summed E-state index contributed by atoms with van der Waals surface area (Å²) < 4.78 is 0. The van der Waals surface area contributed by atoms with E-state index in [4.69, 9.17) is 5.26 Å². The first-order valence-corrected chi connectivity index (χ1v) is 8.69. The van der Waals surface area contributed by atoms with Crippen LogP contribution in [0.25, 0.3) is 0 Å². The van der Waals surface area contributed by atoms with Gasteiger partial charge < -0.3 is 10.6 Å². The Morgan fingerprint density at radius 1 is 1.26 bits per heavy atom. The number of anilines is 1. The fraction of sp³-hybridized carbons (Fsp3) is 0.333. The molecular formula is C18H17N3OS. The zero-order chi connectivity index (χ0) is 16.0. The zero-order valence-electron chi connectivity index (χ0n) is 12.8. The van der Waals surface area contributed by atoms with E-state index >= 15 is 0 Å². The molecule has 1 amide bonds. The van der Waals surface area contributed by atoms with Crippen LogP contribution in [0.4, 0.5) is 5.00 Å². The van der Waals surface area contributed by atoms with Gasteiger partial charge in [-0.2, -0.15) is 5.26 Å². The van der Waals surface area contributed by atoms with Gasteiger partial charge >= 0.3 is 0 Å². The summed E-state index contributed by atoms with van der Waals surface area (Å²) in [5.41, 5.74) is 3.67. The Balaban J connectivity index is 1.67. The Kier molecular flexibility index (Phi) is 3.35. The zero-order valence-corrected chi connectivity index (χ0v) is 13.7. The first-order valence-electron chi connectivity index (χ1n) is 7.87. The van der Waals surface area contributed by atoms with Crippen molar-refractivity contribution >= 4 is 22.2 Å². The summed E-state index contributed by atoms with van der Waals surface area (Å²) in [7, 11) is 0. The number of hydrogen-bond donors (Lipinski definition) is 2. The van der Waals surface area contributed by atoms with Gasteiger partial charge in [0.05, 0.1) is 17.2 Å². The highest BCUT2D eigenvalue weighted by Crippen LogP contribution is 2.42. The molecule has 0 saturated carbocycles. The molecular weight excluding hydrogens is 306 g/mol. The molecule has 5 heteroatoms. The molecule has 1 aromatic heterocycles. The van der Waals surface area contributed by atoms with E-state index in [9.17, 15) is 4.79 Å². The maximum atomic E-state index is 12.6. The highest BCUT2D eigenvalue weighted by Gasteiger charge is 2.32. The Hall–Kier alpha value is -2.32. The second-order valence-electron chi connectivity index (χ2n) is 6.34. The smallest absolute Gasteiger partial charge is 0.256 e. The Morgan fingerprint density at radius 2 is 2.04 bits per heavy atom. The normalized spacial score (nSPS) is 22.3. The van der Waals surface area contributed by atoms with E-state index in [0.29, 0.717) is 11.5 Å². The summed E-state index contributed by atoms with van der Waals surface area (Å²) in [5, 5.41) is 16.4. The molecule has 116 valence electrons. The molecule has 4 nitrogen and oxygen atoms in total. The van der Waals surface area contributed by atoms with E-state index in [-0.39, 0.29) is 12.1 Å². The van der Waals surface area contributed by atoms with Gasteiger partial charge in [-0.15, -0.1) is 11.3 Å². The van der Waals surface area contributed by atoms with Crippen LogP contribution < -0.4 is 10.6 Å². The van der Waals surface area contributed by atoms with Crippen molar-refractivity contribution < 1.29 is 4.79 Å². The fourth-order valence-electron chi connectivity index (χ4n) is 3.38. The third kappa shape index (κ3) is 2.40. The maximum Gasteiger partial charge on any atom is 0.256 e. The van der Waals surface area contributed by atoms with Gasteiger partial charge in [0.1, 0.15) is 11.2 Å². The molecule has 0 bridgehead atoms. The lowest BCUT2D eigenvalue weighted by Crippen LogP contribution is -2.38. The first kappa shape index (κ1) is 14.3. The van der Waals surface area contributed by atoms with Crippen LogP contribution >= 0.6 is 11.3 Å². The molecule has 2 unspecified atom stereocenters. The van der Waals surface area contributed by atoms with Crippen molar-refractivity contribution in [3.05, 3.63) is 51.4 Å². The van der Waals surface area contributed by atoms with Crippen LogP contribution in [-0.2, 0) is 12.8 Å². The molecule has 0 radical (unpaired) electrons. The van der Waals surface area contributed by atoms with Crippen molar-refractivity contribution in [1.82, 2.24) is 5.32 Å². The number of thiophene rings is 1. The van der Waals surface area contributed by atoms with Gasteiger partial charge in [-0.05, 0) is 48.4 Å². The molecule has 2 N–H and O–H groups in total. The van der Waals surface area contributed by atoms with E-state index in [1.807, 2.05) is 12.1 Å². The SMILES string of the molecule is CC1CCc2c(sc3c2C(=O)NC(c2ccc(C#N)cc2)N3)C1. The van der Waals surface area contributed by atoms with Gasteiger partial charge in [0, 0.05) is 4.88 Å². The summed E-state index contributed by atoms with van der Waals surface area (Å²) in [6, 6.07) is 9.44. The number of nitriles is 1. The second kappa shape index (κ2) is 5.39. The number of carbonyl (C=O) groups is 1. The fourth-order valence-corrected chi connectivity index (χ4v) is 4.82. The van der Waals surface area contributed by atoms with E-state index in [0.717, 1.165) is 35.4 Å². The summed E-state index contributed by atoms with van der Waals surface area (Å²) in [4.78, 5) is 14.0. The van der Waals surface area contributed by atoms with E-state index < -0.39 is 0 Å². The molecule has 1 aliphatic carbocycles. The van der Waals surface area contributed by atoms with Crippen LogP contribution in [0.1, 0.15) is 51.4 Å². The largest absolute Gasteiger partial charge is 0.353 e. The predicted octanol–water partition coefficient (Wildman–Crippen LogP) is 3.60. The lowest BCUT2D eigenvalue weighted by Gasteiger charge is -2.27. The number of hydrogen-bond acceptors (Lipinski definition) is 4. The third-order valence-electron chi connectivity index (χ3n) is 4.66. The molecule has 1 aliphatic heterocycles. The quantitative estimate of drug-likeness (QED) is 0.843. The highest BCUT2D eigenvalue weighted by molar-refractivity contribution is 7.16. The van der Waals surface area contributed by atoms with Gasteiger partial charge in [-0.3, -0.25) is 4.79 Å². The molecule has 23 heavy (non-hydrogen) atoms. The number of rotatable bonds is 1. The number of amides is 1. The van der Waals surface area contributed by atoms with Crippen LogP contribution in [0.15, 0.2) is 24.3 Å². The van der Waals surface area contributed by atoms with Crippen molar-refractivity contribution in [1.29, 1.82) is 5.26 Å². The van der Waals surface area contributed by atoms with Crippen LogP contribution in [0.3, 0.4) is 0 Å². The number of nitrogens with zero attached hydrogens (tertiary/aromatic N) is 1. The predicted molar refractivity (Wildman–Crippen MR) is 90.5 cm³/mol. The van der Waals surface area contributed by atoms with Crippen molar-refractivity contribution in [3.63, 3.8) is 0 Å². The summed E-state index contributed by atoms with van der Waals surface area (Å²) in [5.74, 6) is 0.708. The second-order valence-corrected chi connectivity index (χ2v) is 7.45. The Morgan fingerprint density at radius 3 is 2.78 bits per heavy atom. The Labute approximate surface area is 139 Å². The van der Waals surface area contributed by atoms with E-state index in [1.165, 1.54) is 10.4 Å². The molecule has 4 rings (SSSR count). The monoisotopic (exact) mass is 323 g/mol. The van der Waals surface area contributed by atoms with Crippen molar-refractivity contribution in [3.8, 4) is 6.07 Å². The highest BCUT2D eigenvalue weighted by atomic mass is 32.1. The van der Waals surface area contributed by atoms with Gasteiger partial charge in [0.2, 0.25) is 0 Å². The van der Waals surface area contributed by atoms with Crippen molar-refractivity contribution in [2.24, 2.45) is 5.92 Å². The molecule has 2 aliphatic rings. The molecule has 1 aromatic carbocycles. The molecule has 0 spiro atoms. The number of nitrogens with one attached hydrogen (secondary N) is 2. The molecule has 0 saturated heterocycles. The van der Waals surface area contributed by atoms with Gasteiger partial charge in [0.25, 0.3) is 5.91 Å². The van der Waals surface area contributed by atoms with Crippen LogP contribution in [-0.4, -0.2) is 5.91 Å². The van der Waals surface area contributed by atoms with Gasteiger partial charge in [0.15, 0.2) is 0 Å². The minimum absolute atomic E-state index is 0.0140. The first-order chi connectivity index (χ1) is 11.2. The lowest BCUT2D eigenvalue weighted by molar-refractivity contribution is 0.0935. The molecule has 2 aromatic rings. The Bertz CT molecular complexity index is 816.